The Balaban J connectivity index is 1.95. The van der Waals surface area contributed by atoms with E-state index in [-0.39, 0.29) is 5.75 Å². The predicted molar refractivity (Wildman–Crippen MR) is 97.5 cm³/mol. The number of hydrogen-bond acceptors (Lipinski definition) is 4. The van der Waals surface area contributed by atoms with E-state index in [0.717, 1.165) is 16.0 Å². The molecule has 24 heavy (non-hydrogen) atoms. The SMILES string of the molecule is Oc1ccc(Br)cc1-c1nc2ncccn2c1Nc1ccccc1. The van der Waals surface area contributed by atoms with Crippen LogP contribution in [-0.4, -0.2) is 19.5 Å². The molecule has 0 fully saturated rings. The number of benzene rings is 2. The third kappa shape index (κ3) is 2.61. The van der Waals surface area contributed by atoms with Crippen molar-refractivity contribution in [1.82, 2.24) is 14.4 Å². The van der Waals surface area contributed by atoms with Crippen molar-refractivity contribution in [3.63, 3.8) is 0 Å². The van der Waals surface area contributed by atoms with E-state index in [4.69, 9.17) is 0 Å². The van der Waals surface area contributed by atoms with Crippen LogP contribution in [0, 0.1) is 0 Å². The summed E-state index contributed by atoms with van der Waals surface area (Å²) in [7, 11) is 0. The third-order valence-corrected chi connectivity index (χ3v) is 4.15. The summed E-state index contributed by atoms with van der Waals surface area (Å²) in [5.74, 6) is 1.47. The molecule has 0 aliphatic heterocycles. The molecule has 4 rings (SSSR count). The Bertz CT molecular complexity index is 1010. The number of fused-ring (bicyclic) bond motifs is 1. The van der Waals surface area contributed by atoms with E-state index in [1.165, 1.54) is 0 Å². The number of halogens is 1. The van der Waals surface area contributed by atoms with Crippen LogP contribution in [-0.2, 0) is 0 Å². The summed E-state index contributed by atoms with van der Waals surface area (Å²) in [4.78, 5) is 8.89. The van der Waals surface area contributed by atoms with Gasteiger partial charge in [0.05, 0.1) is 0 Å². The molecular formula is C18H13BrN4O. The average Bonchev–Trinajstić information content (AvgIpc) is 2.96. The first-order chi connectivity index (χ1) is 11.7. The number of anilines is 2. The number of aromatic nitrogens is 3. The van der Waals surface area contributed by atoms with E-state index >= 15 is 0 Å². The molecule has 2 aromatic carbocycles. The van der Waals surface area contributed by atoms with E-state index in [1.54, 1.807) is 18.3 Å². The number of nitrogens with zero attached hydrogens (tertiary/aromatic N) is 3. The fourth-order valence-corrected chi connectivity index (χ4v) is 2.91. The lowest BCUT2D eigenvalue weighted by atomic mass is 10.1. The normalized spacial score (nSPS) is 10.9. The molecule has 6 heteroatoms. The number of nitrogens with one attached hydrogen (secondary N) is 1. The lowest BCUT2D eigenvalue weighted by Crippen LogP contribution is -1.97. The average molecular weight is 381 g/mol. The monoisotopic (exact) mass is 380 g/mol. The van der Waals surface area contributed by atoms with E-state index in [0.29, 0.717) is 17.0 Å². The molecular weight excluding hydrogens is 368 g/mol. The highest BCUT2D eigenvalue weighted by molar-refractivity contribution is 9.10. The molecule has 4 aromatic rings. The second-order valence-electron chi connectivity index (χ2n) is 5.25. The van der Waals surface area contributed by atoms with E-state index in [9.17, 15) is 5.11 Å². The zero-order valence-corrected chi connectivity index (χ0v) is 14.1. The number of aromatic hydroxyl groups is 1. The maximum Gasteiger partial charge on any atom is 0.235 e. The Morgan fingerprint density at radius 2 is 1.88 bits per heavy atom. The van der Waals surface area contributed by atoms with Crippen molar-refractivity contribution < 1.29 is 5.11 Å². The quantitative estimate of drug-likeness (QED) is 0.544. The zero-order chi connectivity index (χ0) is 16.5. The van der Waals surface area contributed by atoms with Gasteiger partial charge >= 0.3 is 0 Å². The molecule has 2 N–H and O–H groups in total. The maximum absolute atomic E-state index is 10.3. The molecule has 0 amide bonds. The van der Waals surface area contributed by atoms with Crippen molar-refractivity contribution in [2.45, 2.75) is 0 Å². The van der Waals surface area contributed by atoms with Crippen molar-refractivity contribution in [2.24, 2.45) is 0 Å². The summed E-state index contributed by atoms with van der Waals surface area (Å²) in [6.45, 7) is 0. The zero-order valence-electron chi connectivity index (χ0n) is 12.5. The minimum atomic E-state index is 0.165. The van der Waals surface area contributed by atoms with Crippen LogP contribution >= 0.6 is 15.9 Å². The van der Waals surface area contributed by atoms with Crippen molar-refractivity contribution in [3.05, 3.63) is 71.5 Å². The van der Waals surface area contributed by atoms with Gasteiger partial charge in [0, 0.05) is 28.1 Å². The van der Waals surface area contributed by atoms with E-state index < -0.39 is 0 Å². The topological polar surface area (TPSA) is 62.5 Å². The Morgan fingerprint density at radius 1 is 1.04 bits per heavy atom. The molecule has 0 spiro atoms. The van der Waals surface area contributed by atoms with E-state index in [1.807, 2.05) is 53.1 Å². The van der Waals surface area contributed by atoms with Gasteiger partial charge in [0.15, 0.2) is 0 Å². The summed E-state index contributed by atoms with van der Waals surface area (Å²) < 4.78 is 2.73. The first kappa shape index (κ1) is 14.7. The van der Waals surface area contributed by atoms with Crippen LogP contribution < -0.4 is 5.32 Å². The molecule has 5 nitrogen and oxygen atoms in total. The molecule has 0 unspecified atom stereocenters. The van der Waals surface area contributed by atoms with E-state index in [2.05, 4.69) is 31.2 Å². The molecule has 0 aliphatic carbocycles. The van der Waals surface area contributed by atoms with Gasteiger partial charge in [-0.3, -0.25) is 4.40 Å². The Kier molecular flexibility index (Phi) is 3.66. The van der Waals surface area contributed by atoms with Crippen LogP contribution in [0.15, 0.2) is 71.5 Å². The Hall–Kier alpha value is -2.86. The minimum Gasteiger partial charge on any atom is -0.507 e. The van der Waals surface area contributed by atoms with Crippen LogP contribution in [0.3, 0.4) is 0 Å². The van der Waals surface area contributed by atoms with Gasteiger partial charge < -0.3 is 10.4 Å². The van der Waals surface area contributed by atoms with Crippen molar-refractivity contribution in [1.29, 1.82) is 0 Å². The highest BCUT2D eigenvalue weighted by Crippen LogP contribution is 2.37. The number of imidazole rings is 1. The van der Waals surface area contributed by atoms with Crippen molar-refractivity contribution in [2.75, 3.05) is 5.32 Å². The van der Waals surface area contributed by atoms with Crippen LogP contribution in [0.25, 0.3) is 17.0 Å². The number of hydrogen-bond donors (Lipinski definition) is 2. The van der Waals surface area contributed by atoms with Crippen LogP contribution in [0.2, 0.25) is 0 Å². The Morgan fingerprint density at radius 3 is 2.71 bits per heavy atom. The third-order valence-electron chi connectivity index (χ3n) is 3.65. The Labute approximate surface area is 146 Å². The lowest BCUT2D eigenvalue weighted by Gasteiger charge is -2.09. The number of phenolic OH excluding ortho intramolecular Hbond substituents is 1. The van der Waals surface area contributed by atoms with Crippen molar-refractivity contribution in [3.8, 4) is 17.0 Å². The lowest BCUT2D eigenvalue weighted by molar-refractivity contribution is 0.477. The summed E-state index contributed by atoms with van der Waals surface area (Å²) in [6.07, 6.45) is 3.58. The molecule has 0 saturated carbocycles. The summed E-state index contributed by atoms with van der Waals surface area (Å²) in [5.41, 5.74) is 2.20. The van der Waals surface area contributed by atoms with Gasteiger partial charge in [-0.05, 0) is 36.4 Å². The van der Waals surface area contributed by atoms with Gasteiger partial charge in [0.1, 0.15) is 17.3 Å². The number of phenols is 1. The highest BCUT2D eigenvalue weighted by Gasteiger charge is 2.18. The molecule has 118 valence electrons. The van der Waals surface area contributed by atoms with Gasteiger partial charge in [-0.2, -0.15) is 0 Å². The second-order valence-corrected chi connectivity index (χ2v) is 6.17. The minimum absolute atomic E-state index is 0.165. The molecule has 2 aromatic heterocycles. The maximum atomic E-state index is 10.3. The van der Waals surface area contributed by atoms with Gasteiger partial charge in [-0.1, -0.05) is 34.1 Å². The second kappa shape index (κ2) is 5.98. The van der Waals surface area contributed by atoms with Gasteiger partial charge in [-0.25, -0.2) is 9.97 Å². The first-order valence-corrected chi connectivity index (χ1v) is 8.16. The van der Waals surface area contributed by atoms with Crippen LogP contribution in [0.4, 0.5) is 11.5 Å². The highest BCUT2D eigenvalue weighted by atomic mass is 79.9. The number of para-hydroxylation sites is 1. The summed E-state index contributed by atoms with van der Waals surface area (Å²) in [5, 5.41) is 13.7. The van der Waals surface area contributed by atoms with Crippen LogP contribution in [0.5, 0.6) is 5.75 Å². The molecule has 0 bridgehead atoms. The molecule has 0 atom stereocenters. The summed E-state index contributed by atoms with van der Waals surface area (Å²) >= 11 is 3.45. The largest absolute Gasteiger partial charge is 0.507 e. The smallest absolute Gasteiger partial charge is 0.235 e. The predicted octanol–water partition coefficient (Wildman–Crippen LogP) is 4.61. The molecule has 0 aliphatic rings. The number of rotatable bonds is 3. The van der Waals surface area contributed by atoms with Gasteiger partial charge in [-0.15, -0.1) is 0 Å². The molecule has 2 heterocycles. The summed E-state index contributed by atoms with van der Waals surface area (Å²) in [6, 6.07) is 16.9. The van der Waals surface area contributed by atoms with Crippen molar-refractivity contribution >= 4 is 33.2 Å². The van der Waals surface area contributed by atoms with Crippen LogP contribution in [0.1, 0.15) is 0 Å². The fourth-order valence-electron chi connectivity index (χ4n) is 2.55. The molecule has 0 radical (unpaired) electrons. The first-order valence-electron chi connectivity index (χ1n) is 7.36. The molecule has 0 saturated heterocycles. The van der Waals surface area contributed by atoms with Gasteiger partial charge in [0.2, 0.25) is 5.78 Å². The fraction of sp³-hybridized carbons (Fsp3) is 0. The standard InChI is InChI=1S/C18H13BrN4O/c19-12-7-8-15(24)14(11-12)16-17(21-13-5-2-1-3-6-13)23-10-4-9-20-18(23)22-16/h1-11,21,24H. The van der Waals surface area contributed by atoms with Gasteiger partial charge in [0.25, 0.3) is 0 Å².